The van der Waals surface area contributed by atoms with Gasteiger partial charge in [0.05, 0.1) is 21.4 Å². The zero-order valence-corrected chi connectivity index (χ0v) is 18.9. The number of H-pyrrole nitrogens is 2. The number of nitrogens with one attached hydrogen (secondary N) is 2. The van der Waals surface area contributed by atoms with E-state index in [1.54, 1.807) is 0 Å². The van der Waals surface area contributed by atoms with Crippen LogP contribution in [0.2, 0.25) is 10.0 Å². The van der Waals surface area contributed by atoms with Gasteiger partial charge in [0, 0.05) is 21.8 Å². The van der Waals surface area contributed by atoms with E-state index >= 15 is 0 Å². The summed E-state index contributed by atoms with van der Waals surface area (Å²) in [5.74, 6) is 0. The highest BCUT2D eigenvalue weighted by Gasteiger charge is 2.16. The minimum Gasteiger partial charge on any atom is -0.353 e. The molecule has 0 amide bonds. The molecular weight excluding hydrogens is 411 g/mol. The molecule has 2 heterocycles. The average molecular weight is 433 g/mol. The lowest BCUT2D eigenvalue weighted by Gasteiger charge is -2.04. The Morgan fingerprint density at radius 3 is 1.27 bits per heavy atom. The van der Waals surface area contributed by atoms with Crippen LogP contribution in [0.5, 0.6) is 0 Å². The molecule has 0 radical (unpaired) electrons. The SMILES string of the molecule is Cc1ccc2[nH]c(-c3ccc(-c4[nH]c5ccc(C)c(C)c5c4Cl)cc3)c(Cl)c2c1C. The Balaban J connectivity index is 1.61. The van der Waals surface area contributed by atoms with E-state index in [1.165, 1.54) is 22.3 Å². The number of aryl methyl sites for hydroxylation is 4. The summed E-state index contributed by atoms with van der Waals surface area (Å²) in [4.78, 5) is 6.98. The lowest BCUT2D eigenvalue weighted by molar-refractivity contribution is 1.37. The maximum Gasteiger partial charge on any atom is 0.0743 e. The molecule has 0 unspecified atom stereocenters. The molecule has 2 nitrogen and oxygen atoms in total. The smallest absolute Gasteiger partial charge is 0.0743 e. The number of rotatable bonds is 2. The molecule has 5 rings (SSSR count). The Morgan fingerprint density at radius 2 is 0.900 bits per heavy atom. The molecule has 0 aliphatic carbocycles. The number of aromatic amines is 2. The van der Waals surface area contributed by atoms with Crippen LogP contribution in [0.3, 0.4) is 0 Å². The minimum absolute atomic E-state index is 0.772. The third-order valence-electron chi connectivity index (χ3n) is 6.33. The second kappa shape index (κ2) is 6.94. The highest BCUT2D eigenvalue weighted by atomic mass is 35.5. The van der Waals surface area contributed by atoms with Gasteiger partial charge < -0.3 is 9.97 Å². The van der Waals surface area contributed by atoms with E-state index in [-0.39, 0.29) is 0 Å². The van der Waals surface area contributed by atoms with Gasteiger partial charge in [-0.15, -0.1) is 0 Å². The molecule has 0 aliphatic rings. The zero-order valence-electron chi connectivity index (χ0n) is 17.4. The summed E-state index contributed by atoms with van der Waals surface area (Å²) in [7, 11) is 0. The molecule has 0 spiro atoms. The largest absolute Gasteiger partial charge is 0.353 e. The van der Waals surface area contributed by atoms with Gasteiger partial charge in [0.25, 0.3) is 0 Å². The molecule has 0 aliphatic heterocycles. The predicted molar refractivity (Wildman–Crippen MR) is 130 cm³/mol. The summed E-state index contributed by atoms with van der Waals surface area (Å²) in [5.41, 5.74) is 11.0. The first kappa shape index (κ1) is 19.3. The number of hydrogen-bond donors (Lipinski definition) is 2. The van der Waals surface area contributed by atoms with Gasteiger partial charge in [-0.2, -0.15) is 0 Å². The fourth-order valence-corrected chi connectivity index (χ4v) is 5.04. The normalized spacial score (nSPS) is 11.7. The Labute approximate surface area is 185 Å². The Morgan fingerprint density at radius 1 is 0.533 bits per heavy atom. The van der Waals surface area contributed by atoms with Crippen molar-refractivity contribution >= 4 is 45.0 Å². The van der Waals surface area contributed by atoms with Crippen molar-refractivity contribution in [3.05, 3.63) is 80.8 Å². The van der Waals surface area contributed by atoms with Crippen LogP contribution in [0.4, 0.5) is 0 Å². The monoisotopic (exact) mass is 432 g/mol. The number of benzene rings is 3. The molecule has 5 aromatic rings. The molecule has 0 fully saturated rings. The van der Waals surface area contributed by atoms with Crippen molar-refractivity contribution < 1.29 is 0 Å². The van der Waals surface area contributed by atoms with Gasteiger partial charge in [0.15, 0.2) is 0 Å². The number of halogens is 2. The molecule has 0 bridgehead atoms. The van der Waals surface area contributed by atoms with Crippen LogP contribution in [0.15, 0.2) is 48.5 Å². The minimum atomic E-state index is 0.772. The summed E-state index contributed by atoms with van der Waals surface area (Å²) in [6.45, 7) is 8.46. The molecule has 2 N–H and O–H groups in total. The van der Waals surface area contributed by atoms with E-state index in [0.29, 0.717) is 0 Å². The molecule has 0 saturated carbocycles. The summed E-state index contributed by atoms with van der Waals surface area (Å²) in [5, 5.41) is 3.74. The topological polar surface area (TPSA) is 31.6 Å². The molecule has 150 valence electrons. The molecule has 4 heteroatoms. The van der Waals surface area contributed by atoms with E-state index in [9.17, 15) is 0 Å². The van der Waals surface area contributed by atoms with Gasteiger partial charge >= 0.3 is 0 Å². The summed E-state index contributed by atoms with van der Waals surface area (Å²) in [6.07, 6.45) is 0. The van der Waals surface area contributed by atoms with Gasteiger partial charge in [-0.05, 0) is 73.2 Å². The average Bonchev–Trinajstić information content (AvgIpc) is 3.26. The number of fused-ring (bicyclic) bond motifs is 2. The first-order chi connectivity index (χ1) is 14.4. The van der Waals surface area contributed by atoms with Crippen molar-refractivity contribution in [1.82, 2.24) is 9.97 Å². The van der Waals surface area contributed by atoms with Crippen molar-refractivity contribution in [2.24, 2.45) is 0 Å². The van der Waals surface area contributed by atoms with E-state index < -0.39 is 0 Å². The summed E-state index contributed by atoms with van der Waals surface area (Å²) in [6, 6.07) is 16.8. The Kier molecular flexibility index (Phi) is 4.46. The first-order valence-corrected chi connectivity index (χ1v) is 10.8. The predicted octanol–water partition coefficient (Wildman–Crippen LogP) is 8.52. The van der Waals surface area contributed by atoms with Gasteiger partial charge in [-0.1, -0.05) is 59.6 Å². The number of hydrogen-bond acceptors (Lipinski definition) is 0. The van der Waals surface area contributed by atoms with E-state index in [4.69, 9.17) is 23.2 Å². The summed E-state index contributed by atoms with van der Waals surface area (Å²) < 4.78 is 0. The van der Waals surface area contributed by atoms with Crippen LogP contribution < -0.4 is 0 Å². The van der Waals surface area contributed by atoms with Crippen molar-refractivity contribution in [2.45, 2.75) is 27.7 Å². The van der Waals surface area contributed by atoms with Gasteiger partial charge in [0.1, 0.15) is 0 Å². The highest BCUT2D eigenvalue weighted by molar-refractivity contribution is 6.39. The van der Waals surface area contributed by atoms with E-state index in [0.717, 1.165) is 54.4 Å². The van der Waals surface area contributed by atoms with Crippen molar-refractivity contribution in [3.8, 4) is 22.5 Å². The van der Waals surface area contributed by atoms with E-state index in [2.05, 4.69) is 86.2 Å². The van der Waals surface area contributed by atoms with Gasteiger partial charge in [-0.25, -0.2) is 0 Å². The molecule has 0 atom stereocenters. The molecular formula is C26H22Cl2N2. The van der Waals surface area contributed by atoms with Crippen molar-refractivity contribution in [2.75, 3.05) is 0 Å². The van der Waals surface area contributed by atoms with Gasteiger partial charge in [0.2, 0.25) is 0 Å². The maximum atomic E-state index is 6.78. The molecule has 30 heavy (non-hydrogen) atoms. The summed E-state index contributed by atoms with van der Waals surface area (Å²) >= 11 is 13.6. The van der Waals surface area contributed by atoms with Crippen LogP contribution >= 0.6 is 23.2 Å². The lowest BCUT2D eigenvalue weighted by Crippen LogP contribution is -1.82. The standard InChI is InChI=1S/C26H22Cl2N2/c1-13-5-11-19-21(15(13)3)23(27)25(29-19)17-7-9-18(10-8-17)26-24(28)22-16(4)14(2)6-12-20(22)30-26/h5-12,29-30H,1-4H3. The molecule has 2 aromatic heterocycles. The first-order valence-electron chi connectivity index (χ1n) is 10.0. The molecule has 3 aromatic carbocycles. The Bertz CT molecular complexity index is 1330. The van der Waals surface area contributed by atoms with E-state index in [1.807, 2.05) is 0 Å². The fourth-order valence-electron chi connectivity index (χ4n) is 4.24. The van der Waals surface area contributed by atoms with Gasteiger partial charge in [-0.3, -0.25) is 0 Å². The second-order valence-corrected chi connectivity index (χ2v) is 8.82. The second-order valence-electron chi connectivity index (χ2n) is 8.07. The van der Waals surface area contributed by atoms with Crippen LogP contribution in [0, 0.1) is 27.7 Å². The fraction of sp³-hybridized carbons (Fsp3) is 0.154. The quantitative estimate of drug-likeness (QED) is 0.280. The lowest BCUT2D eigenvalue weighted by atomic mass is 10.0. The number of aromatic nitrogens is 2. The Hall–Kier alpha value is -2.68. The van der Waals surface area contributed by atoms with Crippen LogP contribution in [0.25, 0.3) is 44.3 Å². The highest BCUT2D eigenvalue weighted by Crippen LogP contribution is 2.40. The van der Waals surface area contributed by atoms with Crippen molar-refractivity contribution in [1.29, 1.82) is 0 Å². The zero-order chi connectivity index (χ0) is 21.2. The van der Waals surface area contributed by atoms with Crippen molar-refractivity contribution in [3.63, 3.8) is 0 Å². The maximum absolute atomic E-state index is 6.78. The molecule has 0 saturated heterocycles. The third-order valence-corrected chi connectivity index (χ3v) is 7.09. The third kappa shape index (κ3) is 2.79. The van der Waals surface area contributed by atoms with Crippen LogP contribution in [-0.2, 0) is 0 Å². The van der Waals surface area contributed by atoms with Crippen LogP contribution in [0.1, 0.15) is 22.3 Å². The van der Waals surface area contributed by atoms with Crippen LogP contribution in [-0.4, -0.2) is 9.97 Å².